The molecule has 1 heterocycles. The van der Waals surface area contributed by atoms with Gasteiger partial charge in [0.2, 0.25) is 0 Å². The lowest BCUT2D eigenvalue weighted by molar-refractivity contribution is -0.129. The van der Waals surface area contributed by atoms with E-state index in [1.807, 2.05) is 20.8 Å². The van der Waals surface area contributed by atoms with Crippen molar-refractivity contribution in [1.29, 1.82) is 0 Å². The molecule has 0 saturated carbocycles. The number of carbonyl (C=O) groups is 2. The minimum absolute atomic E-state index is 0.203. The lowest BCUT2D eigenvalue weighted by Crippen LogP contribution is -2.57. The van der Waals surface area contributed by atoms with Gasteiger partial charge in [0, 0.05) is 20.6 Å². The van der Waals surface area contributed by atoms with E-state index in [2.05, 4.69) is 5.32 Å². The highest BCUT2D eigenvalue weighted by molar-refractivity contribution is 5.80. The number of likely N-dealkylation sites (N-methyl/N-ethyl adjacent to an activating group) is 2. The Hall–Kier alpha value is -1.50. The first kappa shape index (κ1) is 13.6. The van der Waals surface area contributed by atoms with Crippen LogP contribution < -0.4 is 5.32 Å². The summed E-state index contributed by atoms with van der Waals surface area (Å²) in [5, 5.41) is 12.7. The smallest absolute Gasteiger partial charge is 0.339 e. The third-order valence-electron chi connectivity index (χ3n) is 3.20. The van der Waals surface area contributed by atoms with Gasteiger partial charge in [0.1, 0.15) is 0 Å². The van der Waals surface area contributed by atoms with E-state index in [-0.39, 0.29) is 6.03 Å². The highest BCUT2D eigenvalue weighted by Gasteiger charge is 2.53. The molecule has 0 aliphatic carbocycles. The van der Waals surface area contributed by atoms with Crippen molar-refractivity contribution < 1.29 is 14.8 Å². The van der Waals surface area contributed by atoms with E-state index < -0.39 is 17.7 Å². The normalized spacial score (nSPS) is 22.9. The summed E-state index contributed by atoms with van der Waals surface area (Å²) in [5.41, 5.74) is -0.651. The molecule has 0 spiro atoms. The van der Waals surface area contributed by atoms with Gasteiger partial charge in [-0.2, -0.15) is 5.06 Å². The van der Waals surface area contributed by atoms with E-state index in [0.717, 1.165) is 0 Å². The van der Waals surface area contributed by atoms with E-state index in [1.54, 1.807) is 11.9 Å². The summed E-state index contributed by atoms with van der Waals surface area (Å²) >= 11 is 0. The SMILES string of the molecule is CCN1C(=O)N(C)[C@@H](N(O)C(=O)NC)C1(C)C. The molecular formula is C10H20N4O3. The average Bonchev–Trinajstić information content (AvgIpc) is 2.43. The van der Waals surface area contributed by atoms with Crippen LogP contribution in [0.3, 0.4) is 0 Å². The molecule has 2 N–H and O–H groups in total. The minimum atomic E-state index is -0.713. The summed E-state index contributed by atoms with van der Waals surface area (Å²) in [4.78, 5) is 26.4. The summed E-state index contributed by atoms with van der Waals surface area (Å²) in [5.74, 6) is 0. The number of hydrogen-bond acceptors (Lipinski definition) is 3. The molecule has 0 radical (unpaired) electrons. The molecule has 7 nitrogen and oxygen atoms in total. The molecule has 0 aromatic heterocycles. The molecule has 1 aliphatic heterocycles. The minimum Gasteiger partial charge on any atom is -0.339 e. The first-order valence-corrected chi connectivity index (χ1v) is 5.53. The molecule has 0 aromatic rings. The molecule has 1 atom stereocenters. The fourth-order valence-electron chi connectivity index (χ4n) is 2.39. The second-order valence-electron chi connectivity index (χ2n) is 4.56. The van der Waals surface area contributed by atoms with Crippen LogP contribution in [0.2, 0.25) is 0 Å². The van der Waals surface area contributed by atoms with Gasteiger partial charge in [-0.25, -0.2) is 9.59 Å². The average molecular weight is 244 g/mol. The van der Waals surface area contributed by atoms with Gasteiger partial charge in [0.05, 0.1) is 5.54 Å². The van der Waals surface area contributed by atoms with Crippen LogP contribution in [0.5, 0.6) is 0 Å². The lowest BCUT2D eigenvalue weighted by Gasteiger charge is -2.37. The van der Waals surface area contributed by atoms with E-state index in [4.69, 9.17) is 0 Å². The van der Waals surface area contributed by atoms with Crippen LogP contribution in [0.4, 0.5) is 9.59 Å². The molecule has 0 bridgehead atoms. The maximum atomic E-state index is 12.0. The first-order chi connectivity index (χ1) is 7.78. The standard InChI is InChI=1S/C10H20N4O3/c1-6-13-9(16)12(5)7(10(13,2)3)14(17)8(15)11-4/h7,17H,6H2,1-5H3,(H,11,15)/t7-/m0/s1. The predicted molar refractivity (Wildman–Crippen MR) is 61.5 cm³/mol. The largest absolute Gasteiger partial charge is 0.342 e. The zero-order valence-corrected chi connectivity index (χ0v) is 10.9. The number of amides is 4. The van der Waals surface area contributed by atoms with Crippen LogP contribution in [0.15, 0.2) is 0 Å². The van der Waals surface area contributed by atoms with Gasteiger partial charge < -0.3 is 15.1 Å². The Labute approximate surface area is 101 Å². The highest BCUT2D eigenvalue weighted by atomic mass is 16.5. The second kappa shape index (κ2) is 4.40. The van der Waals surface area contributed by atoms with E-state index in [0.29, 0.717) is 11.6 Å². The van der Waals surface area contributed by atoms with E-state index in [9.17, 15) is 14.8 Å². The van der Waals surface area contributed by atoms with Crippen LogP contribution >= 0.6 is 0 Å². The monoisotopic (exact) mass is 244 g/mol. The van der Waals surface area contributed by atoms with Gasteiger partial charge in [-0.1, -0.05) is 0 Å². The van der Waals surface area contributed by atoms with Crippen molar-refractivity contribution in [2.75, 3.05) is 20.6 Å². The zero-order chi connectivity index (χ0) is 13.4. The number of hydroxylamine groups is 2. The third kappa shape index (κ3) is 1.90. The molecule has 4 amide bonds. The third-order valence-corrected chi connectivity index (χ3v) is 3.20. The summed E-state index contributed by atoms with van der Waals surface area (Å²) in [6, 6.07) is -0.842. The maximum absolute atomic E-state index is 12.0. The summed E-state index contributed by atoms with van der Waals surface area (Å²) in [6.45, 7) is 6.01. The summed E-state index contributed by atoms with van der Waals surface area (Å²) in [7, 11) is 2.99. The van der Waals surface area contributed by atoms with Crippen molar-refractivity contribution in [1.82, 2.24) is 20.2 Å². The van der Waals surface area contributed by atoms with Crippen molar-refractivity contribution in [2.24, 2.45) is 0 Å². The Morgan fingerprint density at radius 3 is 2.47 bits per heavy atom. The number of hydrogen-bond donors (Lipinski definition) is 2. The van der Waals surface area contributed by atoms with E-state index >= 15 is 0 Å². The number of urea groups is 2. The molecule has 7 heteroatoms. The molecule has 1 saturated heterocycles. The van der Waals surface area contributed by atoms with Gasteiger partial charge >= 0.3 is 12.1 Å². The predicted octanol–water partition coefficient (Wildman–Crippen LogP) is 0.509. The lowest BCUT2D eigenvalue weighted by atomic mass is 10.0. The fraction of sp³-hybridized carbons (Fsp3) is 0.800. The Morgan fingerprint density at radius 2 is 2.12 bits per heavy atom. The second-order valence-corrected chi connectivity index (χ2v) is 4.56. The quantitative estimate of drug-likeness (QED) is 0.549. The fourth-order valence-corrected chi connectivity index (χ4v) is 2.39. The van der Waals surface area contributed by atoms with Crippen molar-refractivity contribution in [3.8, 4) is 0 Å². The molecule has 0 aromatic carbocycles. The van der Waals surface area contributed by atoms with E-state index in [1.165, 1.54) is 11.9 Å². The van der Waals surface area contributed by atoms with Gasteiger partial charge in [0.25, 0.3) is 0 Å². The number of carbonyl (C=O) groups excluding carboxylic acids is 2. The summed E-state index contributed by atoms with van der Waals surface area (Å²) < 4.78 is 0. The molecule has 1 aliphatic rings. The van der Waals surface area contributed by atoms with Crippen molar-refractivity contribution in [3.05, 3.63) is 0 Å². The highest BCUT2D eigenvalue weighted by Crippen LogP contribution is 2.32. The molecule has 17 heavy (non-hydrogen) atoms. The molecule has 1 fully saturated rings. The van der Waals surface area contributed by atoms with Crippen molar-refractivity contribution in [3.63, 3.8) is 0 Å². The van der Waals surface area contributed by atoms with Gasteiger partial charge in [-0.15, -0.1) is 0 Å². The van der Waals surface area contributed by atoms with Gasteiger partial charge in [-0.05, 0) is 20.8 Å². The first-order valence-electron chi connectivity index (χ1n) is 5.53. The molecule has 0 unspecified atom stereocenters. The zero-order valence-electron chi connectivity index (χ0n) is 10.9. The maximum Gasteiger partial charge on any atom is 0.342 e. The van der Waals surface area contributed by atoms with Crippen LogP contribution in [0, 0.1) is 0 Å². The Balaban J connectivity index is 3.07. The van der Waals surface area contributed by atoms with Gasteiger partial charge in [-0.3, -0.25) is 5.21 Å². The Bertz CT molecular complexity index is 332. The molecule has 98 valence electrons. The number of nitrogens with one attached hydrogen (secondary N) is 1. The Kier molecular flexibility index (Phi) is 3.51. The summed E-state index contributed by atoms with van der Waals surface area (Å²) in [6.07, 6.45) is -0.713. The van der Waals surface area contributed by atoms with Crippen LogP contribution in [0.1, 0.15) is 20.8 Å². The van der Waals surface area contributed by atoms with Crippen molar-refractivity contribution >= 4 is 12.1 Å². The molecule has 1 rings (SSSR count). The Morgan fingerprint density at radius 1 is 1.59 bits per heavy atom. The van der Waals surface area contributed by atoms with Crippen molar-refractivity contribution in [2.45, 2.75) is 32.5 Å². The van der Waals surface area contributed by atoms with Gasteiger partial charge in [0.15, 0.2) is 6.17 Å². The molecular weight excluding hydrogens is 224 g/mol. The number of rotatable bonds is 2. The topological polar surface area (TPSA) is 76.1 Å². The van der Waals surface area contributed by atoms with Crippen LogP contribution in [-0.4, -0.2) is 64.5 Å². The van der Waals surface area contributed by atoms with Crippen LogP contribution in [0.25, 0.3) is 0 Å². The number of nitrogens with zero attached hydrogens (tertiary/aromatic N) is 3. The van der Waals surface area contributed by atoms with Crippen LogP contribution in [-0.2, 0) is 0 Å².